The van der Waals surface area contributed by atoms with Crippen LogP contribution in [0.4, 0.5) is 5.82 Å². The van der Waals surface area contributed by atoms with Crippen LogP contribution in [0.2, 0.25) is 0 Å². The first-order valence-corrected chi connectivity index (χ1v) is 11.6. The Labute approximate surface area is 170 Å². The summed E-state index contributed by atoms with van der Waals surface area (Å²) in [5, 5.41) is 9.50. The molecule has 0 spiro atoms. The molecule has 1 aliphatic carbocycles. The average molecular weight is 403 g/mol. The number of fused-ring (bicyclic) bond motifs is 1. The minimum absolute atomic E-state index is 0.194. The van der Waals surface area contributed by atoms with Crippen LogP contribution in [-0.4, -0.2) is 51.0 Å². The zero-order valence-corrected chi connectivity index (χ0v) is 17.5. The van der Waals surface area contributed by atoms with Gasteiger partial charge in [-0.2, -0.15) is 5.10 Å². The van der Waals surface area contributed by atoms with E-state index in [4.69, 9.17) is 9.97 Å². The van der Waals surface area contributed by atoms with Crippen molar-refractivity contribution in [1.82, 2.24) is 25.1 Å². The zero-order valence-electron chi connectivity index (χ0n) is 16.7. The highest BCUT2D eigenvalue weighted by atomic mass is 32.2. The van der Waals surface area contributed by atoms with Gasteiger partial charge in [-0.3, -0.25) is 4.79 Å². The number of amides is 1. The number of aromatic nitrogens is 4. The van der Waals surface area contributed by atoms with Crippen molar-refractivity contribution in [3.05, 3.63) is 6.20 Å². The smallest absolute Gasteiger partial charge is 0.223 e. The normalized spacial score (nSPS) is 18.1. The van der Waals surface area contributed by atoms with E-state index in [0.717, 1.165) is 53.7 Å². The molecule has 1 N–H and O–H groups in total. The van der Waals surface area contributed by atoms with E-state index in [1.54, 1.807) is 11.8 Å². The third kappa shape index (κ3) is 4.26. The van der Waals surface area contributed by atoms with E-state index in [-0.39, 0.29) is 11.8 Å². The Morgan fingerprint density at radius 2 is 1.96 bits per heavy atom. The van der Waals surface area contributed by atoms with E-state index in [0.29, 0.717) is 13.1 Å². The summed E-state index contributed by atoms with van der Waals surface area (Å²) < 4.78 is 1.91. The van der Waals surface area contributed by atoms with Crippen molar-refractivity contribution in [3.8, 4) is 0 Å². The molecule has 28 heavy (non-hydrogen) atoms. The molecule has 1 saturated heterocycles. The largest absolute Gasteiger partial charge is 0.356 e. The molecule has 0 atom stereocenters. The van der Waals surface area contributed by atoms with Crippen LogP contribution in [0.25, 0.3) is 11.0 Å². The number of nitrogens with one attached hydrogen (secondary N) is 1. The van der Waals surface area contributed by atoms with Gasteiger partial charge in [-0.25, -0.2) is 14.6 Å². The second-order valence-corrected chi connectivity index (χ2v) is 8.92. The first-order chi connectivity index (χ1) is 13.8. The highest BCUT2D eigenvalue weighted by Crippen LogP contribution is 2.29. The summed E-state index contributed by atoms with van der Waals surface area (Å²) in [6.45, 7) is 5.43. The first-order valence-electron chi connectivity index (χ1n) is 10.6. The van der Waals surface area contributed by atoms with Crippen LogP contribution in [0.3, 0.4) is 0 Å². The van der Waals surface area contributed by atoms with Gasteiger partial charge in [-0.15, -0.1) is 0 Å². The average Bonchev–Trinajstić information content (AvgIpc) is 3.39. The molecule has 0 radical (unpaired) electrons. The van der Waals surface area contributed by atoms with E-state index < -0.39 is 0 Å². The van der Waals surface area contributed by atoms with E-state index in [1.165, 1.54) is 32.1 Å². The van der Waals surface area contributed by atoms with Gasteiger partial charge in [0, 0.05) is 25.6 Å². The molecule has 2 aromatic rings. The van der Waals surface area contributed by atoms with E-state index in [9.17, 15) is 4.79 Å². The lowest BCUT2D eigenvalue weighted by Gasteiger charge is -2.20. The van der Waals surface area contributed by atoms with Gasteiger partial charge < -0.3 is 10.2 Å². The van der Waals surface area contributed by atoms with Crippen molar-refractivity contribution < 1.29 is 4.79 Å². The summed E-state index contributed by atoms with van der Waals surface area (Å²) in [7, 11) is 0. The second-order valence-electron chi connectivity index (χ2n) is 7.69. The van der Waals surface area contributed by atoms with Crippen molar-refractivity contribution in [2.45, 2.75) is 63.6 Å². The fraction of sp³-hybridized carbons (Fsp3) is 0.700. The van der Waals surface area contributed by atoms with Crippen LogP contribution in [0.15, 0.2) is 11.4 Å². The number of hydrogen-bond donors (Lipinski definition) is 1. The number of nitrogens with zero attached hydrogens (tertiary/aromatic N) is 5. The molecule has 4 rings (SSSR count). The highest BCUT2D eigenvalue weighted by molar-refractivity contribution is 7.99. The molecule has 2 aliphatic rings. The molecule has 0 bridgehead atoms. The van der Waals surface area contributed by atoms with Gasteiger partial charge in [-0.05, 0) is 31.4 Å². The molecule has 2 aromatic heterocycles. The molecule has 3 heterocycles. The molecule has 8 heteroatoms. The molecule has 1 amide bonds. The monoisotopic (exact) mass is 402 g/mol. The summed E-state index contributed by atoms with van der Waals surface area (Å²) in [6, 6.07) is 0. The topological polar surface area (TPSA) is 75.9 Å². The lowest BCUT2D eigenvalue weighted by atomic mass is 9.89. The van der Waals surface area contributed by atoms with E-state index >= 15 is 0 Å². The van der Waals surface area contributed by atoms with Crippen LogP contribution in [-0.2, 0) is 11.3 Å². The van der Waals surface area contributed by atoms with Crippen molar-refractivity contribution in [2.75, 3.05) is 30.3 Å². The second kappa shape index (κ2) is 9.11. The van der Waals surface area contributed by atoms with Gasteiger partial charge in [0.25, 0.3) is 0 Å². The fourth-order valence-electron chi connectivity index (χ4n) is 4.24. The van der Waals surface area contributed by atoms with E-state index in [1.807, 2.05) is 10.9 Å². The third-order valence-corrected chi connectivity index (χ3v) is 6.46. The Kier molecular flexibility index (Phi) is 6.34. The SMILES string of the molecule is CCSc1nc(N2CCCC2)c2cnn(CCNC(=O)C3CCCCC3)c2n1. The Morgan fingerprint density at radius 1 is 1.18 bits per heavy atom. The Bertz CT molecular complexity index is 810. The number of carbonyl (C=O) groups is 1. The Balaban J connectivity index is 1.48. The van der Waals surface area contributed by atoms with Crippen LogP contribution < -0.4 is 10.2 Å². The van der Waals surface area contributed by atoms with E-state index in [2.05, 4.69) is 22.2 Å². The molecule has 1 saturated carbocycles. The third-order valence-electron chi connectivity index (χ3n) is 5.73. The summed E-state index contributed by atoms with van der Waals surface area (Å²) in [5.74, 6) is 2.35. The Morgan fingerprint density at radius 3 is 2.71 bits per heavy atom. The van der Waals surface area contributed by atoms with Crippen molar-refractivity contribution >= 4 is 34.5 Å². The van der Waals surface area contributed by atoms with Crippen LogP contribution >= 0.6 is 11.8 Å². The Hall–Kier alpha value is -1.83. The van der Waals surface area contributed by atoms with Gasteiger partial charge in [0.05, 0.1) is 18.1 Å². The molecule has 0 unspecified atom stereocenters. The zero-order chi connectivity index (χ0) is 19.3. The molecule has 7 nitrogen and oxygen atoms in total. The molecule has 2 fully saturated rings. The minimum atomic E-state index is 0.194. The minimum Gasteiger partial charge on any atom is -0.356 e. The number of anilines is 1. The van der Waals surface area contributed by atoms with Crippen molar-refractivity contribution in [3.63, 3.8) is 0 Å². The molecule has 152 valence electrons. The van der Waals surface area contributed by atoms with Gasteiger partial charge in [0.15, 0.2) is 10.8 Å². The summed E-state index contributed by atoms with van der Waals surface area (Å²) in [6.07, 6.45) is 9.98. The van der Waals surface area contributed by atoms with Crippen molar-refractivity contribution in [1.29, 1.82) is 0 Å². The number of hydrogen-bond acceptors (Lipinski definition) is 6. The highest BCUT2D eigenvalue weighted by Gasteiger charge is 2.22. The summed E-state index contributed by atoms with van der Waals surface area (Å²) >= 11 is 1.66. The maximum absolute atomic E-state index is 12.4. The van der Waals surface area contributed by atoms with Gasteiger partial charge in [0.2, 0.25) is 5.91 Å². The molecular formula is C20H30N6OS. The predicted molar refractivity (Wildman–Crippen MR) is 113 cm³/mol. The lowest BCUT2D eigenvalue weighted by molar-refractivity contribution is -0.125. The predicted octanol–water partition coefficient (Wildman–Crippen LogP) is 3.24. The summed E-state index contributed by atoms with van der Waals surface area (Å²) in [4.78, 5) is 24.3. The van der Waals surface area contributed by atoms with Crippen LogP contribution in [0, 0.1) is 5.92 Å². The fourth-order valence-corrected chi connectivity index (χ4v) is 4.80. The van der Waals surface area contributed by atoms with Crippen LogP contribution in [0.5, 0.6) is 0 Å². The molecule has 0 aromatic carbocycles. The van der Waals surface area contributed by atoms with Gasteiger partial charge in [0.1, 0.15) is 5.82 Å². The number of rotatable bonds is 7. The number of thioether (sulfide) groups is 1. The maximum Gasteiger partial charge on any atom is 0.223 e. The lowest BCUT2D eigenvalue weighted by Crippen LogP contribution is -2.34. The standard InChI is InChI=1S/C20H30N6OS/c1-2-28-20-23-17(25-11-6-7-12-25)16-14-22-26(18(16)24-20)13-10-21-19(27)15-8-4-3-5-9-15/h14-15H,2-13H2,1H3,(H,21,27). The van der Waals surface area contributed by atoms with Gasteiger partial charge >= 0.3 is 0 Å². The van der Waals surface area contributed by atoms with Crippen molar-refractivity contribution in [2.24, 2.45) is 5.92 Å². The first kappa shape index (κ1) is 19.5. The number of carbonyl (C=O) groups excluding carboxylic acids is 1. The maximum atomic E-state index is 12.4. The summed E-state index contributed by atoms with van der Waals surface area (Å²) in [5.41, 5.74) is 0.875. The quantitative estimate of drug-likeness (QED) is 0.566. The molecule has 1 aliphatic heterocycles. The van der Waals surface area contributed by atoms with Gasteiger partial charge in [-0.1, -0.05) is 37.9 Å². The molecular weight excluding hydrogens is 372 g/mol. The van der Waals surface area contributed by atoms with Crippen LogP contribution in [0.1, 0.15) is 51.9 Å².